The summed E-state index contributed by atoms with van der Waals surface area (Å²) in [4.78, 5) is 15.3. The van der Waals surface area contributed by atoms with Crippen molar-refractivity contribution in [3.8, 4) is 5.69 Å². The van der Waals surface area contributed by atoms with Crippen molar-refractivity contribution in [1.29, 1.82) is 0 Å². The van der Waals surface area contributed by atoms with Crippen molar-refractivity contribution in [2.45, 2.75) is 57.0 Å². The van der Waals surface area contributed by atoms with Gasteiger partial charge in [-0.2, -0.15) is 0 Å². The molecule has 0 saturated carbocycles. The van der Waals surface area contributed by atoms with E-state index in [-0.39, 0.29) is 11.7 Å². The first-order valence-corrected chi connectivity index (χ1v) is 12.3. The Morgan fingerprint density at radius 3 is 2.52 bits per heavy atom. The summed E-state index contributed by atoms with van der Waals surface area (Å²) in [5.74, 6) is 0.408. The van der Waals surface area contributed by atoms with E-state index in [4.69, 9.17) is 0 Å². The molecule has 33 heavy (non-hydrogen) atoms. The molecule has 8 heteroatoms. The van der Waals surface area contributed by atoms with E-state index in [9.17, 15) is 9.18 Å². The van der Waals surface area contributed by atoms with E-state index in [2.05, 4.69) is 20.4 Å². The summed E-state index contributed by atoms with van der Waals surface area (Å²) in [5.41, 5.74) is 3.78. The fourth-order valence-corrected chi connectivity index (χ4v) is 4.93. The summed E-state index contributed by atoms with van der Waals surface area (Å²) in [7, 11) is 0. The lowest BCUT2D eigenvalue weighted by Crippen LogP contribution is -2.30. The number of benzene rings is 2. The standard InChI is InChI=1S/C25H30FN5OS/c1-17-7-12-22(18(2)15-17)27-24(32)19(3)33-25-29-28-23(16-30-13-5-4-6-14-30)31(25)21-10-8-20(26)9-11-21/h7-12,15,19H,4-6,13-14,16H2,1-3H3,(H,27,32). The predicted molar refractivity (Wildman–Crippen MR) is 130 cm³/mol. The van der Waals surface area contributed by atoms with Gasteiger partial charge in [-0.15, -0.1) is 10.2 Å². The van der Waals surface area contributed by atoms with Crippen LogP contribution in [0.1, 0.15) is 43.1 Å². The summed E-state index contributed by atoms with van der Waals surface area (Å²) in [6, 6.07) is 12.3. The molecule has 0 aliphatic carbocycles. The number of halogens is 1. The average molecular weight is 468 g/mol. The molecular formula is C25H30FN5OS. The Morgan fingerprint density at radius 1 is 1.09 bits per heavy atom. The number of hydrogen-bond donors (Lipinski definition) is 1. The molecule has 1 aliphatic heterocycles. The minimum Gasteiger partial charge on any atom is -0.325 e. The van der Waals surface area contributed by atoms with Crippen LogP contribution in [0.4, 0.5) is 10.1 Å². The van der Waals surface area contributed by atoms with E-state index in [1.165, 1.54) is 43.2 Å². The van der Waals surface area contributed by atoms with Crippen LogP contribution in [0.5, 0.6) is 0 Å². The Kier molecular flexibility index (Phi) is 7.45. The second-order valence-corrected chi connectivity index (χ2v) is 9.92. The molecule has 1 N–H and O–H groups in total. The smallest absolute Gasteiger partial charge is 0.237 e. The van der Waals surface area contributed by atoms with Gasteiger partial charge in [0.05, 0.1) is 11.8 Å². The molecule has 1 aliphatic rings. The fraction of sp³-hybridized carbons (Fsp3) is 0.400. The van der Waals surface area contributed by atoms with Crippen LogP contribution < -0.4 is 5.32 Å². The number of nitrogens with one attached hydrogen (secondary N) is 1. The number of rotatable bonds is 7. The zero-order valence-corrected chi connectivity index (χ0v) is 20.2. The van der Waals surface area contributed by atoms with Crippen LogP contribution in [0, 0.1) is 19.7 Å². The number of carbonyl (C=O) groups is 1. The highest BCUT2D eigenvalue weighted by molar-refractivity contribution is 8.00. The highest BCUT2D eigenvalue weighted by Crippen LogP contribution is 2.28. The molecule has 4 rings (SSSR count). The third-order valence-corrected chi connectivity index (χ3v) is 6.93. The van der Waals surface area contributed by atoms with Gasteiger partial charge in [-0.1, -0.05) is 35.9 Å². The van der Waals surface area contributed by atoms with Crippen molar-refractivity contribution >= 4 is 23.4 Å². The molecule has 2 heterocycles. The third-order valence-electron chi connectivity index (χ3n) is 5.89. The van der Waals surface area contributed by atoms with Gasteiger partial charge in [-0.05, 0) is 82.6 Å². The van der Waals surface area contributed by atoms with Gasteiger partial charge in [0.25, 0.3) is 0 Å². The molecule has 6 nitrogen and oxygen atoms in total. The minimum atomic E-state index is -0.392. The normalized spacial score (nSPS) is 15.4. The van der Waals surface area contributed by atoms with Crippen molar-refractivity contribution < 1.29 is 9.18 Å². The molecule has 1 fully saturated rings. The van der Waals surface area contributed by atoms with E-state index < -0.39 is 5.25 Å². The Balaban J connectivity index is 1.55. The van der Waals surface area contributed by atoms with Crippen LogP contribution in [0.15, 0.2) is 47.6 Å². The molecule has 0 radical (unpaired) electrons. The van der Waals surface area contributed by atoms with Crippen molar-refractivity contribution in [2.24, 2.45) is 0 Å². The van der Waals surface area contributed by atoms with Crippen molar-refractivity contribution in [2.75, 3.05) is 18.4 Å². The van der Waals surface area contributed by atoms with Gasteiger partial charge in [0.2, 0.25) is 5.91 Å². The van der Waals surface area contributed by atoms with E-state index >= 15 is 0 Å². The third kappa shape index (κ3) is 5.81. The second kappa shape index (κ2) is 10.5. The van der Waals surface area contributed by atoms with Gasteiger partial charge in [0, 0.05) is 11.4 Å². The monoisotopic (exact) mass is 467 g/mol. The summed E-state index contributed by atoms with van der Waals surface area (Å²) < 4.78 is 15.5. The molecule has 1 saturated heterocycles. The fourth-order valence-electron chi connectivity index (χ4n) is 4.05. The number of carbonyl (C=O) groups excluding carboxylic acids is 1. The Hall–Kier alpha value is -2.71. The number of anilines is 1. The summed E-state index contributed by atoms with van der Waals surface area (Å²) >= 11 is 1.35. The summed E-state index contributed by atoms with van der Waals surface area (Å²) in [6.45, 7) is 8.62. The molecule has 174 valence electrons. The lowest BCUT2D eigenvalue weighted by atomic mass is 10.1. The number of nitrogens with zero attached hydrogens (tertiary/aromatic N) is 4. The molecule has 3 aromatic rings. The van der Waals surface area contributed by atoms with E-state index in [1.807, 2.05) is 43.5 Å². The Bertz CT molecular complexity index is 1110. The second-order valence-electron chi connectivity index (χ2n) is 8.62. The number of likely N-dealkylation sites (tertiary alicyclic amines) is 1. The zero-order chi connectivity index (χ0) is 23.4. The molecule has 0 spiro atoms. The Labute approximate surface area is 198 Å². The first-order valence-electron chi connectivity index (χ1n) is 11.4. The van der Waals surface area contributed by atoms with E-state index in [1.54, 1.807) is 12.1 Å². The number of piperidine rings is 1. The van der Waals surface area contributed by atoms with Crippen LogP contribution in [-0.2, 0) is 11.3 Å². The maximum atomic E-state index is 13.6. The van der Waals surface area contributed by atoms with Crippen LogP contribution in [-0.4, -0.2) is 43.9 Å². The first-order chi connectivity index (χ1) is 15.9. The van der Waals surface area contributed by atoms with Crippen LogP contribution >= 0.6 is 11.8 Å². The van der Waals surface area contributed by atoms with Gasteiger partial charge in [0.1, 0.15) is 5.82 Å². The maximum absolute atomic E-state index is 13.6. The van der Waals surface area contributed by atoms with Gasteiger partial charge in [0.15, 0.2) is 11.0 Å². The quantitative estimate of drug-likeness (QED) is 0.488. The SMILES string of the molecule is Cc1ccc(NC(=O)C(C)Sc2nnc(CN3CCCCC3)n2-c2ccc(F)cc2)c(C)c1. The van der Waals surface area contributed by atoms with Gasteiger partial charge in [-0.3, -0.25) is 14.3 Å². The number of aryl methyl sites for hydroxylation is 2. The van der Waals surface area contributed by atoms with Gasteiger partial charge in [-0.25, -0.2) is 4.39 Å². The average Bonchev–Trinajstić information content (AvgIpc) is 3.18. The lowest BCUT2D eigenvalue weighted by molar-refractivity contribution is -0.115. The van der Waals surface area contributed by atoms with Crippen molar-refractivity contribution in [3.05, 3.63) is 65.2 Å². The Morgan fingerprint density at radius 2 is 1.82 bits per heavy atom. The molecule has 1 amide bonds. The number of amides is 1. The van der Waals surface area contributed by atoms with Crippen LogP contribution in [0.3, 0.4) is 0 Å². The maximum Gasteiger partial charge on any atom is 0.237 e. The van der Waals surface area contributed by atoms with Crippen LogP contribution in [0.2, 0.25) is 0 Å². The van der Waals surface area contributed by atoms with Crippen LogP contribution in [0.25, 0.3) is 5.69 Å². The predicted octanol–water partition coefficient (Wildman–Crippen LogP) is 5.13. The molecule has 1 aromatic heterocycles. The lowest BCUT2D eigenvalue weighted by Gasteiger charge is -2.26. The highest BCUT2D eigenvalue weighted by atomic mass is 32.2. The number of aromatic nitrogens is 3. The number of hydrogen-bond acceptors (Lipinski definition) is 5. The van der Waals surface area contributed by atoms with Gasteiger partial charge < -0.3 is 5.32 Å². The topological polar surface area (TPSA) is 63.1 Å². The molecule has 0 bridgehead atoms. The number of thioether (sulfide) groups is 1. The van der Waals surface area contributed by atoms with Crippen molar-refractivity contribution in [1.82, 2.24) is 19.7 Å². The van der Waals surface area contributed by atoms with E-state index in [0.29, 0.717) is 11.7 Å². The minimum absolute atomic E-state index is 0.0989. The molecule has 1 atom stereocenters. The highest BCUT2D eigenvalue weighted by Gasteiger charge is 2.23. The van der Waals surface area contributed by atoms with E-state index in [0.717, 1.165) is 41.4 Å². The summed E-state index contributed by atoms with van der Waals surface area (Å²) in [5, 5.41) is 12.1. The molecule has 1 unspecified atom stereocenters. The largest absolute Gasteiger partial charge is 0.325 e. The van der Waals surface area contributed by atoms with Crippen molar-refractivity contribution in [3.63, 3.8) is 0 Å². The zero-order valence-electron chi connectivity index (χ0n) is 19.3. The molecule has 2 aromatic carbocycles. The van der Waals surface area contributed by atoms with Gasteiger partial charge >= 0.3 is 0 Å². The first kappa shape index (κ1) is 23.4. The summed E-state index contributed by atoms with van der Waals surface area (Å²) in [6.07, 6.45) is 3.62. The molecular weight excluding hydrogens is 437 g/mol.